The van der Waals surface area contributed by atoms with Gasteiger partial charge in [-0.25, -0.2) is 9.97 Å². The molecule has 1 aliphatic rings. The van der Waals surface area contributed by atoms with Crippen molar-refractivity contribution in [3.63, 3.8) is 0 Å². The maximum absolute atomic E-state index is 11.8. The molecule has 7 heteroatoms. The van der Waals surface area contributed by atoms with Crippen LogP contribution in [0, 0.1) is 0 Å². The molecule has 0 saturated heterocycles. The summed E-state index contributed by atoms with van der Waals surface area (Å²) in [4.78, 5) is 25.3. The van der Waals surface area contributed by atoms with Crippen LogP contribution < -0.4 is 10.6 Å². The van der Waals surface area contributed by atoms with Gasteiger partial charge in [0.05, 0.1) is 10.6 Å². The molecule has 1 unspecified atom stereocenters. The minimum atomic E-state index is -0.0681. The summed E-state index contributed by atoms with van der Waals surface area (Å²) in [5, 5.41) is 7.72. The SMILES string of the molecule is CNC(=O)c1ccc(C2Cc3ncnc(NCCc4c[nH]c5ccccc45)c3S2)cc1. The summed E-state index contributed by atoms with van der Waals surface area (Å²) in [6.07, 6.45) is 5.51. The first-order valence-corrected chi connectivity index (χ1v) is 11.2. The third-order valence-corrected chi connectivity index (χ3v) is 7.04. The van der Waals surface area contributed by atoms with E-state index in [2.05, 4.69) is 50.0 Å². The van der Waals surface area contributed by atoms with Crippen molar-refractivity contribution in [2.24, 2.45) is 0 Å². The molecule has 0 spiro atoms. The normalized spacial score (nSPS) is 15.1. The van der Waals surface area contributed by atoms with E-state index in [-0.39, 0.29) is 11.2 Å². The molecule has 6 nitrogen and oxygen atoms in total. The summed E-state index contributed by atoms with van der Waals surface area (Å²) in [7, 11) is 1.64. The Morgan fingerprint density at radius 2 is 2.00 bits per heavy atom. The zero-order valence-electron chi connectivity index (χ0n) is 17.2. The Kier molecular flexibility index (Phi) is 5.34. The van der Waals surface area contributed by atoms with Gasteiger partial charge in [0.2, 0.25) is 0 Å². The molecule has 2 aromatic carbocycles. The zero-order chi connectivity index (χ0) is 21.2. The number of amides is 1. The fourth-order valence-electron chi connectivity index (χ4n) is 4.00. The van der Waals surface area contributed by atoms with Crippen LogP contribution in [0.4, 0.5) is 5.82 Å². The monoisotopic (exact) mass is 429 g/mol. The number of hydrogen-bond donors (Lipinski definition) is 3. The lowest BCUT2D eigenvalue weighted by Gasteiger charge is -2.11. The smallest absolute Gasteiger partial charge is 0.251 e. The maximum atomic E-state index is 11.8. The van der Waals surface area contributed by atoms with Crippen LogP contribution >= 0.6 is 11.8 Å². The highest BCUT2D eigenvalue weighted by Gasteiger charge is 2.28. The summed E-state index contributed by atoms with van der Waals surface area (Å²) in [5.41, 5.74) is 5.42. The van der Waals surface area contributed by atoms with Crippen LogP contribution in [0.1, 0.15) is 32.4 Å². The van der Waals surface area contributed by atoms with E-state index in [1.54, 1.807) is 25.1 Å². The molecule has 2 aromatic heterocycles. The first kappa shape index (κ1) is 19.6. The van der Waals surface area contributed by atoms with Crippen molar-refractivity contribution in [2.75, 3.05) is 18.9 Å². The van der Waals surface area contributed by atoms with Crippen LogP contribution in [0.25, 0.3) is 10.9 Å². The molecular formula is C24H23N5OS. The summed E-state index contributed by atoms with van der Waals surface area (Å²) < 4.78 is 0. The molecule has 1 atom stereocenters. The number of nitrogens with one attached hydrogen (secondary N) is 3. The number of hydrogen-bond acceptors (Lipinski definition) is 5. The van der Waals surface area contributed by atoms with E-state index in [1.165, 1.54) is 22.0 Å². The molecule has 0 aliphatic carbocycles. The predicted molar refractivity (Wildman–Crippen MR) is 125 cm³/mol. The first-order chi connectivity index (χ1) is 15.2. The lowest BCUT2D eigenvalue weighted by atomic mass is 10.1. The Balaban J connectivity index is 1.27. The maximum Gasteiger partial charge on any atom is 0.251 e. The second kappa shape index (κ2) is 8.43. The van der Waals surface area contributed by atoms with Crippen molar-refractivity contribution in [1.29, 1.82) is 0 Å². The lowest BCUT2D eigenvalue weighted by Crippen LogP contribution is -2.17. The zero-order valence-corrected chi connectivity index (χ0v) is 18.0. The Bertz CT molecular complexity index is 1230. The van der Waals surface area contributed by atoms with Crippen molar-refractivity contribution in [1.82, 2.24) is 20.3 Å². The third-order valence-electron chi connectivity index (χ3n) is 5.65. The first-order valence-electron chi connectivity index (χ1n) is 10.3. The third kappa shape index (κ3) is 3.88. The van der Waals surface area contributed by atoms with Gasteiger partial charge in [-0.3, -0.25) is 4.79 Å². The number of fused-ring (bicyclic) bond motifs is 2. The van der Waals surface area contributed by atoms with Crippen LogP contribution in [0.3, 0.4) is 0 Å². The molecule has 1 aliphatic heterocycles. The highest BCUT2D eigenvalue weighted by atomic mass is 32.2. The Hall–Kier alpha value is -3.32. The molecule has 0 radical (unpaired) electrons. The number of para-hydroxylation sites is 1. The van der Waals surface area contributed by atoms with Crippen molar-refractivity contribution < 1.29 is 4.79 Å². The number of aromatic amines is 1. The van der Waals surface area contributed by atoms with Gasteiger partial charge in [-0.1, -0.05) is 30.3 Å². The molecule has 0 bridgehead atoms. The highest BCUT2D eigenvalue weighted by Crippen LogP contribution is 2.48. The number of thioether (sulfide) groups is 1. The number of benzene rings is 2. The van der Waals surface area contributed by atoms with Gasteiger partial charge in [-0.2, -0.15) is 0 Å². The summed E-state index contributed by atoms with van der Waals surface area (Å²) in [6.45, 7) is 0.803. The molecule has 156 valence electrons. The molecule has 4 aromatic rings. The Labute approximate surface area is 184 Å². The van der Waals surface area contributed by atoms with E-state index in [0.29, 0.717) is 5.56 Å². The number of nitrogens with zero attached hydrogens (tertiary/aromatic N) is 2. The molecule has 5 rings (SSSR count). The Morgan fingerprint density at radius 3 is 2.84 bits per heavy atom. The van der Waals surface area contributed by atoms with Crippen molar-refractivity contribution in [3.8, 4) is 0 Å². The average molecular weight is 430 g/mol. The fraction of sp³-hybridized carbons (Fsp3) is 0.208. The van der Waals surface area contributed by atoms with Crippen LogP contribution in [0.5, 0.6) is 0 Å². The van der Waals surface area contributed by atoms with Gasteiger partial charge < -0.3 is 15.6 Å². The van der Waals surface area contributed by atoms with Gasteiger partial charge >= 0.3 is 0 Å². The largest absolute Gasteiger partial charge is 0.369 e. The van der Waals surface area contributed by atoms with Crippen LogP contribution in [0.2, 0.25) is 0 Å². The molecule has 0 saturated carbocycles. The van der Waals surface area contributed by atoms with Crippen molar-refractivity contribution >= 4 is 34.4 Å². The van der Waals surface area contributed by atoms with E-state index >= 15 is 0 Å². The number of H-pyrrole nitrogens is 1. The summed E-state index contributed by atoms with van der Waals surface area (Å²) >= 11 is 1.79. The number of aromatic nitrogens is 3. The van der Waals surface area contributed by atoms with Gasteiger partial charge in [0.15, 0.2) is 0 Å². The molecule has 3 heterocycles. The number of carbonyl (C=O) groups excluding carboxylic acids is 1. The molecule has 31 heavy (non-hydrogen) atoms. The molecule has 0 fully saturated rings. The summed E-state index contributed by atoms with van der Waals surface area (Å²) in [6, 6.07) is 16.2. The van der Waals surface area contributed by atoms with Crippen molar-refractivity contribution in [3.05, 3.63) is 83.4 Å². The van der Waals surface area contributed by atoms with Gasteiger partial charge in [-0.15, -0.1) is 11.8 Å². The van der Waals surface area contributed by atoms with Gasteiger partial charge in [0.25, 0.3) is 5.91 Å². The highest BCUT2D eigenvalue weighted by molar-refractivity contribution is 8.00. The van der Waals surface area contributed by atoms with Crippen molar-refractivity contribution in [2.45, 2.75) is 23.0 Å². The minimum absolute atomic E-state index is 0.0681. The van der Waals surface area contributed by atoms with E-state index in [4.69, 9.17) is 0 Å². The quantitative estimate of drug-likeness (QED) is 0.424. The number of rotatable bonds is 6. The number of anilines is 1. The number of carbonyl (C=O) groups is 1. The predicted octanol–water partition coefficient (Wildman–Crippen LogP) is 4.36. The van der Waals surface area contributed by atoms with E-state index in [1.807, 2.05) is 30.3 Å². The minimum Gasteiger partial charge on any atom is -0.369 e. The second-order valence-corrected chi connectivity index (χ2v) is 8.76. The van der Waals surface area contributed by atoms with Gasteiger partial charge in [0.1, 0.15) is 12.1 Å². The lowest BCUT2D eigenvalue weighted by molar-refractivity contribution is 0.0963. The molecule has 1 amide bonds. The van der Waals surface area contributed by atoms with E-state index in [9.17, 15) is 4.79 Å². The van der Waals surface area contributed by atoms with Gasteiger partial charge in [0, 0.05) is 47.9 Å². The topological polar surface area (TPSA) is 82.7 Å². The summed E-state index contributed by atoms with van der Waals surface area (Å²) in [5.74, 6) is 0.834. The fourth-order valence-corrected chi connectivity index (χ4v) is 5.33. The molecule has 3 N–H and O–H groups in total. The van der Waals surface area contributed by atoms with Crippen LogP contribution in [-0.4, -0.2) is 34.5 Å². The second-order valence-electron chi connectivity index (χ2n) is 7.55. The van der Waals surface area contributed by atoms with Crippen LogP contribution in [0.15, 0.2) is 66.0 Å². The van der Waals surface area contributed by atoms with Crippen LogP contribution in [-0.2, 0) is 12.8 Å². The van der Waals surface area contributed by atoms with E-state index in [0.717, 1.165) is 35.8 Å². The standard InChI is InChI=1S/C24H23N5OS/c1-25-24(30)16-8-6-15(7-9-16)21-12-20-22(31-21)23(29-14-28-20)26-11-10-17-13-27-19-5-3-2-4-18(17)19/h2-9,13-14,21,27H,10-12H2,1H3,(H,25,30)(H,26,28,29). The molecular weight excluding hydrogens is 406 g/mol. The Morgan fingerprint density at radius 1 is 1.16 bits per heavy atom. The average Bonchev–Trinajstić information content (AvgIpc) is 3.44. The van der Waals surface area contributed by atoms with E-state index < -0.39 is 0 Å². The van der Waals surface area contributed by atoms with Gasteiger partial charge in [-0.05, 0) is 35.7 Å².